The van der Waals surface area contributed by atoms with E-state index in [1.165, 1.54) is 0 Å². The summed E-state index contributed by atoms with van der Waals surface area (Å²) in [5.74, 6) is -5.04. The van der Waals surface area contributed by atoms with Crippen LogP contribution in [0.3, 0.4) is 0 Å². The zero-order valence-corrected chi connectivity index (χ0v) is 17.1. The molecule has 2 aromatic carbocycles. The van der Waals surface area contributed by atoms with E-state index in [4.69, 9.17) is 11.5 Å². The molecule has 0 unspecified atom stereocenters. The van der Waals surface area contributed by atoms with Crippen LogP contribution in [0.25, 0.3) is 16.6 Å². The molecule has 0 aliphatic carbocycles. The Morgan fingerprint density at radius 1 is 1.03 bits per heavy atom. The highest BCUT2D eigenvalue weighted by atomic mass is 19.2. The summed E-state index contributed by atoms with van der Waals surface area (Å²) in [5.41, 5.74) is 9.67. The van der Waals surface area contributed by atoms with Crippen LogP contribution >= 0.6 is 0 Å². The van der Waals surface area contributed by atoms with Crippen LogP contribution in [-0.2, 0) is 6.42 Å². The van der Waals surface area contributed by atoms with Gasteiger partial charge in [-0.25, -0.2) is 22.5 Å². The first-order valence-electron chi connectivity index (χ1n) is 9.62. The molecule has 0 saturated heterocycles. The summed E-state index contributed by atoms with van der Waals surface area (Å²) in [6.45, 7) is -0.00993. The topological polar surface area (TPSA) is 149 Å². The second-order valence-electron chi connectivity index (χ2n) is 7.03. The largest absolute Gasteiger partial charge is 0.382 e. The van der Waals surface area contributed by atoms with Crippen LogP contribution < -0.4 is 22.3 Å². The molecule has 0 saturated carbocycles. The Kier molecular flexibility index (Phi) is 5.72. The normalized spacial score (nSPS) is 10.9. The minimum absolute atomic E-state index is 0.00993. The number of fused-ring (bicyclic) bond motifs is 1. The third-order valence-corrected chi connectivity index (χ3v) is 4.81. The Morgan fingerprint density at radius 3 is 2.41 bits per heavy atom. The maximum atomic E-state index is 14.4. The zero-order chi connectivity index (χ0) is 24.6. The predicted molar refractivity (Wildman–Crippen MR) is 115 cm³/mol. The predicted octanol–water partition coefficient (Wildman–Crippen LogP) is 2.42. The first-order chi connectivity index (χ1) is 16.2. The van der Waals surface area contributed by atoms with Crippen molar-refractivity contribution in [2.24, 2.45) is 0 Å². The van der Waals surface area contributed by atoms with Crippen molar-refractivity contribution < 1.29 is 17.6 Å². The van der Waals surface area contributed by atoms with Crippen molar-refractivity contribution in [3.05, 3.63) is 75.3 Å². The standard InChI is InChI=1S/C21H14F4N8O/c22-9-5-10(23)7-11(6-9)33-15(30-14-2-1-13(24)17(25)16(14)20(33)34)3-4-29-19-12(8-26)18(27)31-21(28)32-19/h1-2,5-7H,3-4H2,(H5,27,28,29,31,32). The van der Waals surface area contributed by atoms with E-state index in [9.17, 15) is 27.6 Å². The highest BCUT2D eigenvalue weighted by Crippen LogP contribution is 2.21. The Balaban J connectivity index is 1.82. The van der Waals surface area contributed by atoms with Gasteiger partial charge in [0, 0.05) is 19.0 Å². The van der Waals surface area contributed by atoms with Gasteiger partial charge in [-0.05, 0) is 24.3 Å². The van der Waals surface area contributed by atoms with E-state index >= 15 is 0 Å². The van der Waals surface area contributed by atoms with Crippen LogP contribution in [0.4, 0.5) is 35.1 Å². The van der Waals surface area contributed by atoms with Crippen molar-refractivity contribution in [3.63, 3.8) is 0 Å². The van der Waals surface area contributed by atoms with Crippen molar-refractivity contribution in [2.75, 3.05) is 23.3 Å². The number of benzene rings is 2. The first-order valence-corrected chi connectivity index (χ1v) is 9.62. The van der Waals surface area contributed by atoms with Crippen LogP contribution in [0.1, 0.15) is 11.4 Å². The van der Waals surface area contributed by atoms with Gasteiger partial charge >= 0.3 is 0 Å². The summed E-state index contributed by atoms with van der Waals surface area (Å²) in [5, 5.41) is 11.4. The summed E-state index contributed by atoms with van der Waals surface area (Å²) >= 11 is 0. The number of hydrogen-bond donors (Lipinski definition) is 3. The first kappa shape index (κ1) is 22.5. The third-order valence-electron chi connectivity index (χ3n) is 4.81. The molecule has 0 fully saturated rings. The molecule has 0 amide bonds. The highest BCUT2D eigenvalue weighted by molar-refractivity contribution is 5.79. The highest BCUT2D eigenvalue weighted by Gasteiger charge is 2.19. The lowest BCUT2D eigenvalue weighted by Gasteiger charge is -2.15. The van der Waals surface area contributed by atoms with E-state index in [0.29, 0.717) is 6.07 Å². The van der Waals surface area contributed by atoms with Gasteiger partial charge in [-0.1, -0.05) is 0 Å². The monoisotopic (exact) mass is 470 g/mol. The molecule has 0 spiro atoms. The van der Waals surface area contributed by atoms with Crippen molar-refractivity contribution in [2.45, 2.75) is 6.42 Å². The van der Waals surface area contributed by atoms with Gasteiger partial charge in [0.1, 0.15) is 40.3 Å². The van der Waals surface area contributed by atoms with Gasteiger partial charge < -0.3 is 16.8 Å². The molecule has 2 aromatic heterocycles. The molecule has 172 valence electrons. The minimum Gasteiger partial charge on any atom is -0.382 e. The lowest BCUT2D eigenvalue weighted by molar-refractivity contribution is 0.515. The van der Waals surface area contributed by atoms with Crippen molar-refractivity contribution in [1.82, 2.24) is 19.5 Å². The summed E-state index contributed by atoms with van der Waals surface area (Å²) in [7, 11) is 0. The maximum absolute atomic E-state index is 14.4. The number of nitrogens with zero attached hydrogens (tertiary/aromatic N) is 5. The molecule has 13 heteroatoms. The average molecular weight is 470 g/mol. The molecule has 4 aromatic rings. The summed E-state index contributed by atoms with van der Waals surface area (Å²) in [6, 6.07) is 6.06. The molecule has 34 heavy (non-hydrogen) atoms. The molecule has 4 rings (SSSR count). The fourth-order valence-corrected chi connectivity index (χ4v) is 3.38. The molecular formula is C21H14F4N8O. The maximum Gasteiger partial charge on any atom is 0.269 e. The van der Waals surface area contributed by atoms with Gasteiger partial charge in [0.05, 0.1) is 11.2 Å². The number of rotatable bonds is 5. The molecule has 2 heterocycles. The zero-order valence-electron chi connectivity index (χ0n) is 17.1. The Morgan fingerprint density at radius 2 is 1.74 bits per heavy atom. The van der Waals surface area contributed by atoms with Crippen molar-refractivity contribution in [3.8, 4) is 11.8 Å². The average Bonchev–Trinajstić information content (AvgIpc) is 2.75. The van der Waals surface area contributed by atoms with Crippen molar-refractivity contribution >= 4 is 28.5 Å². The lowest BCUT2D eigenvalue weighted by atomic mass is 10.2. The number of hydrogen-bond acceptors (Lipinski definition) is 8. The summed E-state index contributed by atoms with van der Waals surface area (Å²) in [4.78, 5) is 24.9. The second kappa shape index (κ2) is 8.66. The van der Waals surface area contributed by atoms with Crippen molar-refractivity contribution in [1.29, 1.82) is 5.26 Å². The van der Waals surface area contributed by atoms with Gasteiger partial charge in [0.2, 0.25) is 5.95 Å². The summed E-state index contributed by atoms with van der Waals surface area (Å²) < 4.78 is 56.7. The number of aromatic nitrogens is 4. The van der Waals surface area contributed by atoms with E-state index in [2.05, 4.69) is 20.3 Å². The molecule has 0 bridgehead atoms. The van der Waals surface area contributed by atoms with E-state index in [0.717, 1.165) is 28.8 Å². The van der Waals surface area contributed by atoms with E-state index < -0.39 is 34.2 Å². The van der Waals surface area contributed by atoms with Crippen LogP contribution in [0.15, 0.2) is 35.1 Å². The number of nitriles is 1. The Labute approximate surface area is 188 Å². The SMILES string of the molecule is N#Cc1c(N)nc(N)nc1NCCc1nc2ccc(F)c(F)c2c(=O)n1-c1cc(F)cc(F)c1. The van der Waals surface area contributed by atoms with Gasteiger partial charge in [0.15, 0.2) is 17.5 Å². The van der Waals surface area contributed by atoms with Gasteiger partial charge in [-0.15, -0.1) is 0 Å². The third kappa shape index (κ3) is 4.04. The summed E-state index contributed by atoms with van der Waals surface area (Å²) in [6.07, 6.45) is -0.0724. The molecule has 0 aliphatic rings. The molecular weight excluding hydrogens is 456 g/mol. The van der Waals surface area contributed by atoms with Crippen LogP contribution in [0, 0.1) is 34.6 Å². The number of anilines is 3. The quantitative estimate of drug-likeness (QED) is 0.377. The van der Waals surface area contributed by atoms with Crippen LogP contribution in [0.5, 0.6) is 0 Å². The van der Waals surface area contributed by atoms with E-state index in [1.807, 2.05) is 6.07 Å². The van der Waals surface area contributed by atoms with Crippen LogP contribution in [-0.4, -0.2) is 26.1 Å². The number of halogens is 4. The smallest absolute Gasteiger partial charge is 0.269 e. The number of nitrogen functional groups attached to an aromatic ring is 2. The van der Waals surface area contributed by atoms with Crippen LogP contribution in [0.2, 0.25) is 0 Å². The Bertz CT molecular complexity index is 1530. The van der Waals surface area contributed by atoms with Gasteiger partial charge in [-0.2, -0.15) is 15.2 Å². The van der Waals surface area contributed by atoms with Gasteiger partial charge in [-0.3, -0.25) is 9.36 Å². The Hall–Kier alpha value is -4.73. The van der Waals surface area contributed by atoms with E-state index in [1.54, 1.807) is 0 Å². The number of nitrogens with one attached hydrogen (secondary N) is 1. The minimum atomic E-state index is -1.43. The number of nitrogens with two attached hydrogens (primary N) is 2. The fourth-order valence-electron chi connectivity index (χ4n) is 3.38. The molecule has 0 atom stereocenters. The van der Waals surface area contributed by atoms with E-state index in [-0.39, 0.29) is 53.1 Å². The molecule has 0 radical (unpaired) electrons. The molecule has 5 N–H and O–H groups in total. The van der Waals surface area contributed by atoms with Gasteiger partial charge in [0.25, 0.3) is 5.56 Å². The fraction of sp³-hybridized carbons (Fsp3) is 0.0952. The second-order valence-corrected chi connectivity index (χ2v) is 7.03. The lowest BCUT2D eigenvalue weighted by Crippen LogP contribution is -2.26. The molecule has 0 aliphatic heterocycles. The molecule has 9 nitrogen and oxygen atoms in total.